The monoisotopic (exact) mass is 325 g/mol. The van der Waals surface area contributed by atoms with E-state index in [-0.39, 0.29) is 6.10 Å². The summed E-state index contributed by atoms with van der Waals surface area (Å²) in [5.74, 6) is 2.97. The van der Waals surface area contributed by atoms with Crippen LogP contribution in [0.1, 0.15) is 56.1 Å². The first kappa shape index (κ1) is 13.3. The van der Waals surface area contributed by atoms with E-state index in [4.69, 9.17) is 9.72 Å². The van der Waals surface area contributed by atoms with Crippen molar-refractivity contribution in [2.45, 2.75) is 44.6 Å². The van der Waals surface area contributed by atoms with Gasteiger partial charge in [0.25, 0.3) is 0 Å². The molecule has 5 heteroatoms. The third-order valence-corrected chi connectivity index (χ3v) is 4.54. The molecular weight excluding hydrogens is 306 g/mol. The van der Waals surface area contributed by atoms with E-state index < -0.39 is 0 Å². The Kier molecular flexibility index (Phi) is 3.76. The molecule has 0 bridgehead atoms. The molecule has 19 heavy (non-hydrogen) atoms. The van der Waals surface area contributed by atoms with Crippen molar-refractivity contribution in [2.24, 2.45) is 5.92 Å². The van der Waals surface area contributed by atoms with Crippen LogP contribution in [0.25, 0.3) is 0 Å². The molecule has 1 heterocycles. The van der Waals surface area contributed by atoms with Crippen LogP contribution in [0.2, 0.25) is 0 Å². The van der Waals surface area contributed by atoms with Gasteiger partial charge in [0.1, 0.15) is 11.9 Å². The predicted octanol–water partition coefficient (Wildman–Crippen LogP) is 3.65. The molecule has 0 spiro atoms. The summed E-state index contributed by atoms with van der Waals surface area (Å²) in [4.78, 5) is 9.46. The largest absolute Gasteiger partial charge is 0.373 e. The van der Waals surface area contributed by atoms with E-state index in [2.05, 4.69) is 33.2 Å². The number of methoxy groups -OCH3 is 1. The zero-order chi connectivity index (χ0) is 13.4. The highest BCUT2D eigenvalue weighted by molar-refractivity contribution is 9.10. The molecule has 104 valence electrons. The smallest absolute Gasteiger partial charge is 0.160 e. The fraction of sp³-hybridized carbons (Fsp3) is 0.714. The van der Waals surface area contributed by atoms with Crippen LogP contribution >= 0.6 is 15.9 Å². The standard InChI is InChI=1S/C14H20BrN3O/c1-3-16-13-10(15)11(8-4-5-8)17-14(18-13)12(19-2)9-6-7-9/h8-9,12H,3-7H2,1-2H3,(H,16,17,18). The molecule has 3 rings (SSSR count). The van der Waals surface area contributed by atoms with E-state index in [9.17, 15) is 0 Å². The van der Waals surface area contributed by atoms with Gasteiger partial charge >= 0.3 is 0 Å². The number of nitrogens with one attached hydrogen (secondary N) is 1. The zero-order valence-electron chi connectivity index (χ0n) is 11.4. The molecule has 0 saturated heterocycles. The van der Waals surface area contributed by atoms with Gasteiger partial charge in [-0.1, -0.05) is 0 Å². The number of ether oxygens (including phenoxy) is 1. The summed E-state index contributed by atoms with van der Waals surface area (Å²) in [6.07, 6.45) is 4.99. The first-order valence-electron chi connectivity index (χ1n) is 7.08. The molecule has 0 radical (unpaired) electrons. The SMILES string of the molecule is CCNc1nc(C(OC)C2CC2)nc(C2CC2)c1Br. The molecular formula is C14H20BrN3O. The summed E-state index contributed by atoms with van der Waals surface area (Å²) in [5, 5.41) is 3.32. The number of hydrogen-bond donors (Lipinski definition) is 1. The molecule has 1 aromatic heterocycles. The van der Waals surface area contributed by atoms with Crippen LogP contribution < -0.4 is 5.32 Å². The minimum absolute atomic E-state index is 0.0583. The molecule has 2 aliphatic rings. The zero-order valence-corrected chi connectivity index (χ0v) is 13.0. The minimum Gasteiger partial charge on any atom is -0.373 e. The van der Waals surface area contributed by atoms with Crippen molar-refractivity contribution >= 4 is 21.7 Å². The lowest BCUT2D eigenvalue weighted by Crippen LogP contribution is -2.13. The Balaban J connectivity index is 1.98. The van der Waals surface area contributed by atoms with Gasteiger partial charge in [0.05, 0.1) is 10.2 Å². The lowest BCUT2D eigenvalue weighted by molar-refractivity contribution is 0.0771. The first-order chi connectivity index (χ1) is 9.24. The van der Waals surface area contributed by atoms with Crippen molar-refractivity contribution in [3.05, 3.63) is 16.0 Å². The second-order valence-corrected chi connectivity index (χ2v) is 6.22. The Morgan fingerprint density at radius 1 is 1.32 bits per heavy atom. The van der Waals surface area contributed by atoms with E-state index >= 15 is 0 Å². The van der Waals surface area contributed by atoms with Crippen molar-refractivity contribution in [2.75, 3.05) is 19.0 Å². The predicted molar refractivity (Wildman–Crippen MR) is 78.3 cm³/mol. The second kappa shape index (κ2) is 5.37. The van der Waals surface area contributed by atoms with Crippen molar-refractivity contribution in [1.82, 2.24) is 9.97 Å². The average Bonchev–Trinajstić information content (AvgIpc) is 3.27. The van der Waals surface area contributed by atoms with E-state index in [1.807, 2.05) is 0 Å². The molecule has 4 nitrogen and oxygen atoms in total. The molecule has 2 aliphatic carbocycles. The van der Waals surface area contributed by atoms with Crippen LogP contribution in [0.4, 0.5) is 5.82 Å². The van der Waals surface area contributed by atoms with Crippen molar-refractivity contribution in [1.29, 1.82) is 0 Å². The van der Waals surface area contributed by atoms with Gasteiger partial charge in [-0.2, -0.15) is 0 Å². The second-order valence-electron chi connectivity index (χ2n) is 5.43. The summed E-state index contributed by atoms with van der Waals surface area (Å²) >= 11 is 3.65. The molecule has 0 aromatic carbocycles. The fourth-order valence-corrected chi connectivity index (χ4v) is 3.07. The van der Waals surface area contributed by atoms with Crippen LogP contribution in [0.5, 0.6) is 0 Å². The van der Waals surface area contributed by atoms with E-state index in [0.29, 0.717) is 11.8 Å². The van der Waals surface area contributed by atoms with E-state index in [1.54, 1.807) is 7.11 Å². The van der Waals surface area contributed by atoms with Crippen molar-refractivity contribution < 1.29 is 4.74 Å². The highest BCUT2D eigenvalue weighted by atomic mass is 79.9. The summed E-state index contributed by atoms with van der Waals surface area (Å²) in [6, 6.07) is 0. The van der Waals surface area contributed by atoms with Gasteiger partial charge < -0.3 is 10.1 Å². The molecule has 2 saturated carbocycles. The van der Waals surface area contributed by atoms with Crippen LogP contribution in [0.3, 0.4) is 0 Å². The number of rotatable bonds is 6. The number of halogens is 1. The maximum absolute atomic E-state index is 5.62. The van der Waals surface area contributed by atoms with Crippen molar-refractivity contribution in [3.63, 3.8) is 0 Å². The highest BCUT2D eigenvalue weighted by Gasteiger charge is 2.36. The van der Waals surface area contributed by atoms with Crippen molar-refractivity contribution in [3.8, 4) is 0 Å². The lowest BCUT2D eigenvalue weighted by Gasteiger charge is -2.17. The van der Waals surface area contributed by atoms with Gasteiger partial charge in [-0.05, 0) is 54.5 Å². The lowest BCUT2D eigenvalue weighted by atomic mass is 10.2. The third kappa shape index (κ3) is 2.77. The Morgan fingerprint density at radius 3 is 2.58 bits per heavy atom. The van der Waals surface area contributed by atoms with Gasteiger partial charge in [0.15, 0.2) is 5.82 Å². The van der Waals surface area contributed by atoms with Gasteiger partial charge in [0.2, 0.25) is 0 Å². The maximum Gasteiger partial charge on any atom is 0.160 e. The fourth-order valence-electron chi connectivity index (χ4n) is 2.43. The quantitative estimate of drug-likeness (QED) is 0.867. The van der Waals surface area contributed by atoms with Crippen LogP contribution in [-0.2, 0) is 4.74 Å². The average molecular weight is 326 g/mol. The topological polar surface area (TPSA) is 47.0 Å². The number of anilines is 1. The summed E-state index contributed by atoms with van der Waals surface area (Å²) < 4.78 is 6.65. The van der Waals surface area contributed by atoms with Gasteiger partial charge in [-0.15, -0.1) is 0 Å². The summed E-state index contributed by atoms with van der Waals surface area (Å²) in [7, 11) is 1.76. The molecule has 2 fully saturated rings. The highest BCUT2D eigenvalue weighted by Crippen LogP contribution is 2.46. The molecule has 1 N–H and O–H groups in total. The maximum atomic E-state index is 5.62. The third-order valence-electron chi connectivity index (χ3n) is 3.76. The summed E-state index contributed by atoms with van der Waals surface area (Å²) in [6.45, 7) is 2.94. The molecule has 1 atom stereocenters. The van der Waals surface area contributed by atoms with E-state index in [1.165, 1.54) is 25.7 Å². The first-order valence-corrected chi connectivity index (χ1v) is 7.87. The Morgan fingerprint density at radius 2 is 2.05 bits per heavy atom. The molecule has 1 unspecified atom stereocenters. The minimum atomic E-state index is 0.0583. The molecule has 0 aliphatic heterocycles. The summed E-state index contributed by atoms with van der Waals surface area (Å²) in [5.41, 5.74) is 1.16. The Labute approximate surface area is 122 Å². The number of nitrogens with zero attached hydrogens (tertiary/aromatic N) is 2. The number of hydrogen-bond acceptors (Lipinski definition) is 4. The van der Waals surface area contributed by atoms with Gasteiger partial charge in [-0.3, -0.25) is 0 Å². The normalized spacial score (nSPS) is 20.4. The van der Waals surface area contributed by atoms with Crippen LogP contribution in [-0.4, -0.2) is 23.6 Å². The van der Waals surface area contributed by atoms with Gasteiger partial charge in [-0.25, -0.2) is 9.97 Å². The van der Waals surface area contributed by atoms with E-state index in [0.717, 1.165) is 28.4 Å². The van der Waals surface area contributed by atoms with Crippen LogP contribution in [0, 0.1) is 5.92 Å². The van der Waals surface area contributed by atoms with Gasteiger partial charge in [0, 0.05) is 19.6 Å². The Hall–Kier alpha value is -0.680. The number of aromatic nitrogens is 2. The Bertz CT molecular complexity index is 472. The molecule has 1 aromatic rings. The van der Waals surface area contributed by atoms with Crippen LogP contribution in [0.15, 0.2) is 4.47 Å². The molecule has 0 amide bonds.